The van der Waals surface area contributed by atoms with Crippen LogP contribution in [0, 0.1) is 17.9 Å². The fourth-order valence-electron chi connectivity index (χ4n) is 6.81. The summed E-state index contributed by atoms with van der Waals surface area (Å²) in [4.78, 5) is 22.6. The van der Waals surface area contributed by atoms with E-state index in [4.69, 9.17) is 4.98 Å². The predicted octanol–water partition coefficient (Wildman–Crippen LogP) is 11.6. The molecule has 49 heavy (non-hydrogen) atoms. The number of aliphatic hydroxyl groups is 1. The van der Waals surface area contributed by atoms with E-state index < -0.39 is 0 Å². The van der Waals surface area contributed by atoms with Crippen LogP contribution in [0.2, 0.25) is 0 Å². The van der Waals surface area contributed by atoms with E-state index in [0.717, 1.165) is 55.2 Å². The van der Waals surface area contributed by atoms with Crippen molar-refractivity contribution in [2.45, 2.75) is 66.2 Å². The maximum absolute atomic E-state index is 11.7. The molecular weight excluding hydrogens is 801 g/mol. The fourth-order valence-corrected chi connectivity index (χ4v) is 8.21. The van der Waals surface area contributed by atoms with Gasteiger partial charge in [-0.3, -0.25) is 14.8 Å². The summed E-state index contributed by atoms with van der Waals surface area (Å²) >= 11 is 1.85. The van der Waals surface area contributed by atoms with Crippen molar-refractivity contribution < 1.29 is 30.0 Å². The zero-order valence-corrected chi connectivity index (χ0v) is 31.8. The molecule has 0 saturated carbocycles. The number of aliphatic hydroxyl groups excluding tert-OH is 1. The van der Waals surface area contributed by atoms with E-state index in [-0.39, 0.29) is 43.5 Å². The molecule has 1 N–H and O–H groups in total. The van der Waals surface area contributed by atoms with Crippen LogP contribution in [0.15, 0.2) is 103 Å². The van der Waals surface area contributed by atoms with Gasteiger partial charge in [0.1, 0.15) is 0 Å². The number of rotatable bonds is 9. The molecule has 0 amide bonds. The second-order valence-electron chi connectivity index (χ2n) is 12.5. The summed E-state index contributed by atoms with van der Waals surface area (Å²) in [7, 11) is 0. The Morgan fingerprint density at radius 3 is 2.27 bits per heavy atom. The van der Waals surface area contributed by atoms with Crippen LogP contribution >= 0.6 is 11.3 Å². The van der Waals surface area contributed by atoms with Crippen LogP contribution in [0.25, 0.3) is 53.7 Å². The van der Waals surface area contributed by atoms with Gasteiger partial charge in [-0.15, -0.1) is 34.9 Å². The number of benzene rings is 3. The van der Waals surface area contributed by atoms with Gasteiger partial charge in [0.2, 0.25) is 0 Å². The molecule has 0 fully saturated rings. The van der Waals surface area contributed by atoms with Crippen LogP contribution in [0.3, 0.4) is 0 Å². The number of fused-ring (bicyclic) bond motifs is 6. The Balaban J connectivity index is 0.000000252. The van der Waals surface area contributed by atoms with Gasteiger partial charge in [-0.2, -0.15) is 0 Å². The number of allylic oxidation sites excluding steroid dienone is 2. The van der Waals surface area contributed by atoms with Crippen molar-refractivity contribution in [2.75, 3.05) is 0 Å². The molecule has 0 unspecified atom stereocenters. The number of hydrogen-bond donors (Lipinski definition) is 1. The van der Waals surface area contributed by atoms with Gasteiger partial charge in [0, 0.05) is 76.9 Å². The zero-order valence-electron chi connectivity index (χ0n) is 28.6. The summed E-state index contributed by atoms with van der Waals surface area (Å²) in [5.74, 6) is 0.547. The second-order valence-corrected chi connectivity index (χ2v) is 13.5. The molecule has 0 spiro atoms. The van der Waals surface area contributed by atoms with Gasteiger partial charge in [-0.25, -0.2) is 0 Å². The van der Waals surface area contributed by atoms with Gasteiger partial charge in [0.25, 0.3) is 0 Å². The average Bonchev–Trinajstić information content (AvgIpc) is 3.52. The number of thiophene rings is 1. The number of aryl methyl sites for hydroxylation is 2. The van der Waals surface area contributed by atoms with Gasteiger partial charge in [0.05, 0.1) is 5.76 Å². The zero-order chi connectivity index (χ0) is 33.6. The normalized spacial score (nSPS) is 12.3. The van der Waals surface area contributed by atoms with Gasteiger partial charge < -0.3 is 5.11 Å². The minimum absolute atomic E-state index is 0. The molecule has 253 valence electrons. The number of carbonyl (C=O) groups is 1. The molecule has 6 aromatic rings. The van der Waals surface area contributed by atoms with Crippen LogP contribution in [-0.2, 0) is 37.7 Å². The molecule has 1 radical (unpaired) electrons. The second kappa shape index (κ2) is 16.6. The molecule has 3 aromatic carbocycles. The Morgan fingerprint density at radius 2 is 1.53 bits per heavy atom. The topological polar surface area (TPSA) is 63.1 Å². The van der Waals surface area contributed by atoms with Crippen LogP contribution in [0.5, 0.6) is 0 Å². The Kier molecular flexibility index (Phi) is 12.3. The molecule has 0 bridgehead atoms. The van der Waals surface area contributed by atoms with E-state index in [1.54, 1.807) is 0 Å². The predicted molar refractivity (Wildman–Crippen MR) is 201 cm³/mol. The standard InChI is InChI=1S/C30H19N2S.C13H24O2.Ir/c1-2-7-19(8-3-1)26-18-21(17-20-9-4-5-10-22(20)26)28-30-24(14-16-32-28)23-12-13-27-25(29(23)33-30)11-6-15-31-27;1-5-10(6-2)12(14)9-13(15)11(7-3)8-4;/h1-11,14-16,18H,12-13H2;9-11,14H,5-8H2,1-4H3;/q-1;;/b;12-9-;. The monoisotopic (exact) mass is 844 g/mol. The molecule has 1 aliphatic carbocycles. The molecule has 3 heterocycles. The molecule has 0 atom stereocenters. The molecule has 3 aromatic heterocycles. The van der Waals surface area contributed by atoms with E-state index in [9.17, 15) is 9.90 Å². The summed E-state index contributed by atoms with van der Waals surface area (Å²) in [6.07, 6.45) is 10.8. The van der Waals surface area contributed by atoms with Gasteiger partial charge in [-0.05, 0) is 67.2 Å². The Morgan fingerprint density at radius 1 is 0.816 bits per heavy atom. The number of carbonyl (C=O) groups excluding carboxylic acids is 1. The number of aromatic nitrogens is 2. The van der Waals surface area contributed by atoms with Crippen molar-refractivity contribution in [3.05, 3.63) is 120 Å². The molecule has 7 rings (SSSR count). The van der Waals surface area contributed by atoms with Crippen LogP contribution in [-0.4, -0.2) is 20.9 Å². The third-order valence-electron chi connectivity index (χ3n) is 9.65. The van der Waals surface area contributed by atoms with Gasteiger partial charge in [-0.1, -0.05) is 98.8 Å². The summed E-state index contributed by atoms with van der Waals surface area (Å²) < 4.78 is 1.24. The van der Waals surface area contributed by atoms with E-state index in [2.05, 4.69) is 83.8 Å². The maximum atomic E-state index is 11.7. The molecule has 6 heteroatoms. The third kappa shape index (κ3) is 7.62. The van der Waals surface area contributed by atoms with Crippen molar-refractivity contribution in [2.24, 2.45) is 11.8 Å². The van der Waals surface area contributed by atoms with Crippen molar-refractivity contribution in [3.63, 3.8) is 0 Å². The summed E-state index contributed by atoms with van der Waals surface area (Å²) in [5, 5.41) is 13.4. The van der Waals surface area contributed by atoms with Crippen LogP contribution < -0.4 is 0 Å². The Labute approximate surface area is 307 Å². The fraction of sp³-hybridized carbons (Fsp3) is 0.279. The van der Waals surface area contributed by atoms with Crippen molar-refractivity contribution in [1.82, 2.24) is 9.97 Å². The first-order chi connectivity index (χ1) is 23.5. The smallest absolute Gasteiger partial charge is 0.162 e. The summed E-state index contributed by atoms with van der Waals surface area (Å²) in [6.45, 7) is 8.07. The summed E-state index contributed by atoms with van der Waals surface area (Å²) in [6, 6.07) is 31.5. The third-order valence-corrected chi connectivity index (χ3v) is 10.9. The minimum Gasteiger partial charge on any atom is -0.512 e. The summed E-state index contributed by atoms with van der Waals surface area (Å²) in [5.41, 5.74) is 8.40. The van der Waals surface area contributed by atoms with Crippen molar-refractivity contribution in [3.8, 4) is 32.8 Å². The minimum atomic E-state index is 0. The van der Waals surface area contributed by atoms with Crippen LogP contribution in [0.1, 0.15) is 64.6 Å². The quantitative estimate of drug-likeness (QED) is 0.0895. The number of ketones is 1. The van der Waals surface area contributed by atoms with E-state index in [0.29, 0.717) is 0 Å². The largest absolute Gasteiger partial charge is 0.512 e. The number of pyridine rings is 2. The van der Waals surface area contributed by atoms with E-state index in [1.807, 2.05) is 57.5 Å². The molecule has 1 aliphatic rings. The average molecular weight is 844 g/mol. The Bertz CT molecular complexity index is 2080. The van der Waals surface area contributed by atoms with E-state index >= 15 is 0 Å². The van der Waals surface area contributed by atoms with E-state index in [1.165, 1.54) is 54.4 Å². The molecule has 0 saturated heterocycles. The van der Waals surface area contributed by atoms with Crippen LogP contribution in [0.4, 0.5) is 0 Å². The Hall–Kier alpha value is -3.96. The SMILES string of the molecule is CCC(CC)C(=O)/C=C(\O)C(CC)CC.[Ir].[c-]1c(-c2nccc3c4c(sc23)-c2cccnc2CC4)cc(-c2ccccc2)c2ccccc12. The van der Waals surface area contributed by atoms with Gasteiger partial charge in [0.15, 0.2) is 5.78 Å². The first-order valence-electron chi connectivity index (χ1n) is 17.3. The van der Waals surface area contributed by atoms with Crippen molar-refractivity contribution >= 4 is 38.0 Å². The first-order valence-corrected chi connectivity index (χ1v) is 18.1. The number of hydrogen-bond acceptors (Lipinski definition) is 5. The molecular formula is C43H43IrN2O2S-. The van der Waals surface area contributed by atoms with Gasteiger partial charge >= 0.3 is 0 Å². The van der Waals surface area contributed by atoms with Crippen molar-refractivity contribution in [1.29, 1.82) is 0 Å². The molecule has 0 aliphatic heterocycles. The first kappa shape index (κ1) is 36.3. The molecule has 4 nitrogen and oxygen atoms in total. The number of nitrogens with zero attached hydrogens (tertiary/aromatic N) is 2. The maximum Gasteiger partial charge on any atom is 0.162 e.